The van der Waals surface area contributed by atoms with Gasteiger partial charge in [-0.15, -0.1) is 0 Å². The van der Waals surface area contributed by atoms with Crippen LogP contribution in [0.25, 0.3) is 0 Å². The summed E-state index contributed by atoms with van der Waals surface area (Å²) in [5.41, 5.74) is 0.0972. The van der Waals surface area contributed by atoms with Gasteiger partial charge in [0.15, 0.2) is 0 Å². The second-order valence-corrected chi connectivity index (χ2v) is 3.68. The Bertz CT molecular complexity index is 156. The van der Waals surface area contributed by atoms with E-state index in [1.54, 1.807) is 0 Å². The summed E-state index contributed by atoms with van der Waals surface area (Å²) in [5, 5.41) is 23.8. The van der Waals surface area contributed by atoms with E-state index in [-0.39, 0.29) is 12.0 Å². The summed E-state index contributed by atoms with van der Waals surface area (Å²) in [6.45, 7) is 6.25. The summed E-state index contributed by atoms with van der Waals surface area (Å²) in [7, 11) is 0. The fraction of sp³-hybridized carbons (Fsp3) is 0.750. The van der Waals surface area contributed by atoms with E-state index in [4.69, 9.17) is 15.3 Å². The summed E-state index contributed by atoms with van der Waals surface area (Å²) in [5.74, 6) is -2.62. The van der Waals surface area contributed by atoms with Gasteiger partial charge in [-0.25, -0.2) is 0 Å². The van der Waals surface area contributed by atoms with Crippen LogP contribution in [0.5, 0.6) is 0 Å². The highest BCUT2D eigenvalue weighted by molar-refractivity contribution is 5.88. The summed E-state index contributed by atoms with van der Waals surface area (Å²) in [4.78, 5) is 18.9. The van der Waals surface area contributed by atoms with Gasteiger partial charge in [0.25, 0.3) is 0 Å². The van der Waals surface area contributed by atoms with Crippen molar-refractivity contribution in [2.24, 2.45) is 5.41 Å². The number of hydrogen-bond acceptors (Lipinski definition) is 3. The maximum Gasteiger partial charge on any atom is 0.314 e. The first kappa shape index (κ1) is 14.4. The lowest BCUT2D eigenvalue weighted by atomic mass is 9.99. The van der Waals surface area contributed by atoms with Crippen molar-refractivity contribution in [2.45, 2.75) is 27.2 Å². The van der Waals surface area contributed by atoms with Crippen LogP contribution in [0.4, 0.5) is 0 Å². The van der Waals surface area contributed by atoms with Crippen LogP contribution in [-0.2, 0) is 9.59 Å². The molecule has 0 aromatic carbocycles. The molecule has 0 spiro atoms. The molecule has 0 aliphatic carbocycles. The number of aliphatic hydroxyl groups excluding tert-OH is 1. The van der Waals surface area contributed by atoms with E-state index in [0.29, 0.717) is 0 Å². The lowest BCUT2D eigenvalue weighted by Crippen LogP contribution is -2.09. The predicted molar refractivity (Wildman–Crippen MR) is 46.4 cm³/mol. The van der Waals surface area contributed by atoms with Crippen LogP contribution < -0.4 is 0 Å². The predicted octanol–water partition coefficient (Wildman–Crippen LogP) is 0.571. The molecule has 0 fully saturated rings. The third-order valence-corrected chi connectivity index (χ3v) is 0.777. The largest absolute Gasteiger partial charge is 0.481 e. The minimum Gasteiger partial charge on any atom is -0.481 e. The van der Waals surface area contributed by atoms with Gasteiger partial charge in [0.2, 0.25) is 0 Å². The van der Waals surface area contributed by atoms with Crippen molar-refractivity contribution in [1.29, 1.82) is 0 Å². The zero-order valence-electron chi connectivity index (χ0n) is 8.07. The maximum atomic E-state index is 9.43. The summed E-state index contributed by atoms with van der Waals surface area (Å²) in [6.07, 6.45) is -0.806. The molecule has 0 aromatic heterocycles. The van der Waals surface area contributed by atoms with Gasteiger partial charge in [-0.1, -0.05) is 20.8 Å². The maximum absolute atomic E-state index is 9.43. The van der Waals surface area contributed by atoms with Crippen LogP contribution in [0.2, 0.25) is 0 Å². The molecule has 0 aliphatic heterocycles. The quantitative estimate of drug-likeness (QED) is 0.556. The van der Waals surface area contributed by atoms with Crippen LogP contribution in [0.1, 0.15) is 27.2 Å². The Labute approximate surface area is 77.0 Å². The van der Waals surface area contributed by atoms with Gasteiger partial charge in [-0.3, -0.25) is 9.59 Å². The molecule has 0 atom stereocenters. The normalized spacial score (nSPS) is 9.85. The second kappa shape index (κ2) is 6.42. The standard InChI is InChI=1S/C5H12O.C3H4O4/c1-5(2,3)4-6;4-2(5)1-3(6)7/h6H,4H2,1-3H3;1H2,(H,4,5)(H,6,7). The van der Waals surface area contributed by atoms with E-state index in [9.17, 15) is 9.59 Å². The van der Waals surface area contributed by atoms with E-state index < -0.39 is 18.4 Å². The van der Waals surface area contributed by atoms with Gasteiger partial charge in [0.1, 0.15) is 6.42 Å². The van der Waals surface area contributed by atoms with Gasteiger partial charge in [0, 0.05) is 6.61 Å². The van der Waals surface area contributed by atoms with Crippen molar-refractivity contribution in [3.05, 3.63) is 0 Å². The van der Waals surface area contributed by atoms with E-state index in [2.05, 4.69) is 0 Å². The molecule has 0 unspecified atom stereocenters. The summed E-state index contributed by atoms with van der Waals surface area (Å²) < 4.78 is 0. The summed E-state index contributed by atoms with van der Waals surface area (Å²) >= 11 is 0. The Hall–Kier alpha value is -1.10. The fourth-order valence-electron chi connectivity index (χ4n) is 0.129. The highest BCUT2D eigenvalue weighted by atomic mass is 16.4. The van der Waals surface area contributed by atoms with Crippen molar-refractivity contribution in [1.82, 2.24) is 0 Å². The molecule has 0 aromatic rings. The first-order chi connectivity index (χ1) is 5.69. The molecule has 5 heteroatoms. The third-order valence-electron chi connectivity index (χ3n) is 0.777. The first-order valence-corrected chi connectivity index (χ1v) is 3.73. The van der Waals surface area contributed by atoms with Gasteiger partial charge in [-0.2, -0.15) is 0 Å². The van der Waals surface area contributed by atoms with Gasteiger partial charge in [-0.05, 0) is 5.41 Å². The Morgan fingerprint density at radius 3 is 1.31 bits per heavy atom. The fourth-order valence-corrected chi connectivity index (χ4v) is 0.129. The number of hydrogen-bond donors (Lipinski definition) is 3. The van der Waals surface area contributed by atoms with Crippen molar-refractivity contribution in [3.63, 3.8) is 0 Å². The first-order valence-electron chi connectivity index (χ1n) is 3.73. The minimum absolute atomic E-state index is 0.0972. The average Bonchev–Trinajstić information content (AvgIpc) is 1.84. The van der Waals surface area contributed by atoms with Crippen LogP contribution in [0.3, 0.4) is 0 Å². The number of carbonyl (C=O) groups is 2. The lowest BCUT2D eigenvalue weighted by molar-refractivity contribution is -0.147. The smallest absolute Gasteiger partial charge is 0.314 e. The van der Waals surface area contributed by atoms with Crippen molar-refractivity contribution >= 4 is 11.9 Å². The number of aliphatic carboxylic acids is 2. The van der Waals surface area contributed by atoms with Crippen LogP contribution >= 0.6 is 0 Å². The Balaban J connectivity index is 0. The highest BCUT2D eigenvalue weighted by Gasteiger charge is 2.05. The molecule has 0 radical (unpaired) electrons. The van der Waals surface area contributed by atoms with Crippen molar-refractivity contribution in [3.8, 4) is 0 Å². The van der Waals surface area contributed by atoms with E-state index in [0.717, 1.165) is 0 Å². The minimum atomic E-state index is -1.31. The van der Waals surface area contributed by atoms with Crippen LogP contribution in [0, 0.1) is 5.41 Å². The van der Waals surface area contributed by atoms with Gasteiger partial charge in [0.05, 0.1) is 0 Å². The highest BCUT2D eigenvalue weighted by Crippen LogP contribution is 2.09. The second-order valence-electron chi connectivity index (χ2n) is 3.68. The Morgan fingerprint density at radius 1 is 1.08 bits per heavy atom. The van der Waals surface area contributed by atoms with Gasteiger partial charge < -0.3 is 15.3 Å². The van der Waals surface area contributed by atoms with Crippen molar-refractivity contribution < 1.29 is 24.9 Å². The van der Waals surface area contributed by atoms with Gasteiger partial charge >= 0.3 is 11.9 Å². The number of carboxylic acids is 2. The molecule has 3 N–H and O–H groups in total. The molecule has 0 bridgehead atoms. The van der Waals surface area contributed by atoms with E-state index in [1.807, 2.05) is 20.8 Å². The lowest BCUT2D eigenvalue weighted by Gasteiger charge is -2.11. The van der Waals surface area contributed by atoms with Crippen molar-refractivity contribution in [2.75, 3.05) is 6.61 Å². The Morgan fingerprint density at radius 2 is 1.31 bits per heavy atom. The Kier molecular flexibility index (Phi) is 7.12. The molecule has 78 valence electrons. The third kappa shape index (κ3) is 24.8. The van der Waals surface area contributed by atoms with Crippen LogP contribution in [0.15, 0.2) is 0 Å². The molecule has 0 saturated carbocycles. The molecule has 0 aliphatic rings. The zero-order valence-corrected chi connectivity index (χ0v) is 8.07. The molecule has 13 heavy (non-hydrogen) atoms. The topological polar surface area (TPSA) is 94.8 Å². The zero-order chi connectivity index (χ0) is 11.1. The van der Waals surface area contributed by atoms with Crippen LogP contribution in [-0.4, -0.2) is 33.9 Å². The molecule has 0 heterocycles. The molecule has 0 amide bonds. The molecular formula is C8H16O5. The number of rotatable bonds is 2. The molecule has 5 nitrogen and oxygen atoms in total. The van der Waals surface area contributed by atoms with E-state index in [1.165, 1.54) is 0 Å². The van der Waals surface area contributed by atoms with E-state index >= 15 is 0 Å². The number of carboxylic acid groups (broad SMARTS) is 2. The number of aliphatic hydroxyl groups is 1. The molecule has 0 saturated heterocycles. The average molecular weight is 192 g/mol. The molecular weight excluding hydrogens is 176 g/mol. The summed E-state index contributed by atoms with van der Waals surface area (Å²) in [6, 6.07) is 0. The monoisotopic (exact) mass is 192 g/mol. The SMILES string of the molecule is CC(C)(C)CO.O=C(O)CC(=O)O. The molecule has 0 rings (SSSR count).